The normalized spacial score (nSPS) is 9.44. The second-order valence-corrected chi connectivity index (χ2v) is 4.16. The summed E-state index contributed by atoms with van der Waals surface area (Å²) < 4.78 is 10.5. The van der Waals surface area contributed by atoms with Crippen LogP contribution in [0, 0.1) is 11.3 Å². The molecule has 0 aliphatic carbocycles. The van der Waals surface area contributed by atoms with E-state index in [2.05, 4.69) is 5.32 Å². The molecule has 0 unspecified atom stereocenters. The quantitative estimate of drug-likeness (QED) is 0.647. The first kappa shape index (κ1) is 14.2. The fourth-order valence-electron chi connectivity index (χ4n) is 1.45. The molecule has 0 aliphatic heterocycles. The molecule has 1 aromatic rings. The molecule has 0 aromatic heterocycles. The van der Waals surface area contributed by atoms with Crippen LogP contribution in [0.25, 0.3) is 0 Å². The van der Waals surface area contributed by atoms with Crippen LogP contribution in [0.4, 0.5) is 0 Å². The fraction of sp³-hybridized carbons (Fsp3) is 0.333. The predicted molar refractivity (Wildman–Crippen MR) is 68.8 cm³/mol. The van der Waals surface area contributed by atoms with E-state index in [0.717, 1.165) is 10.5 Å². The second kappa shape index (κ2) is 6.77. The monoisotopic (exact) mass is 266 g/mol. The summed E-state index contributed by atoms with van der Waals surface area (Å²) in [6.07, 6.45) is 1.94. The van der Waals surface area contributed by atoms with Crippen molar-refractivity contribution in [1.29, 1.82) is 5.26 Å². The highest BCUT2D eigenvalue weighted by atomic mass is 32.2. The molecule has 0 spiro atoms. The van der Waals surface area contributed by atoms with Crippen molar-refractivity contribution in [3.63, 3.8) is 0 Å². The zero-order valence-corrected chi connectivity index (χ0v) is 11.3. The third-order valence-corrected chi connectivity index (χ3v) is 3.09. The number of nitrogens with zero attached hydrogens (tertiary/aromatic N) is 1. The maximum atomic E-state index is 10.9. The lowest BCUT2D eigenvalue weighted by Crippen LogP contribution is -2.20. The van der Waals surface area contributed by atoms with E-state index in [1.165, 1.54) is 6.07 Å². The van der Waals surface area contributed by atoms with Gasteiger partial charge in [0.15, 0.2) is 6.07 Å². The van der Waals surface area contributed by atoms with Crippen LogP contribution in [0.3, 0.4) is 0 Å². The van der Waals surface area contributed by atoms with Crippen molar-refractivity contribution >= 4 is 17.7 Å². The Bertz CT molecular complexity index is 483. The van der Waals surface area contributed by atoms with E-state index in [-0.39, 0.29) is 6.54 Å². The van der Waals surface area contributed by atoms with Gasteiger partial charge in [0.25, 0.3) is 0 Å². The van der Waals surface area contributed by atoms with Crippen LogP contribution in [0.15, 0.2) is 17.0 Å². The number of ether oxygens (including phenoxy) is 2. The summed E-state index contributed by atoms with van der Waals surface area (Å²) in [5.74, 6) is 0.688. The van der Waals surface area contributed by atoms with E-state index in [4.69, 9.17) is 14.7 Å². The van der Waals surface area contributed by atoms with E-state index in [0.29, 0.717) is 11.5 Å². The number of methoxy groups -OCH3 is 2. The van der Waals surface area contributed by atoms with Gasteiger partial charge in [-0.3, -0.25) is 4.79 Å². The van der Waals surface area contributed by atoms with E-state index >= 15 is 0 Å². The summed E-state index contributed by atoms with van der Waals surface area (Å²) in [4.78, 5) is 11.9. The molecular weight excluding hydrogens is 252 g/mol. The Balaban J connectivity index is 3.02. The largest absolute Gasteiger partial charge is 0.496 e. The van der Waals surface area contributed by atoms with Crippen LogP contribution in [0.2, 0.25) is 0 Å². The van der Waals surface area contributed by atoms with Crippen molar-refractivity contribution in [2.45, 2.75) is 11.4 Å². The van der Waals surface area contributed by atoms with Gasteiger partial charge in [-0.15, -0.1) is 11.8 Å². The number of hydrogen-bond donors (Lipinski definition) is 1. The minimum Gasteiger partial charge on any atom is -0.496 e. The van der Waals surface area contributed by atoms with Crippen molar-refractivity contribution in [2.24, 2.45) is 0 Å². The Morgan fingerprint density at radius 3 is 2.56 bits per heavy atom. The van der Waals surface area contributed by atoms with Crippen LogP contribution in [-0.4, -0.2) is 26.4 Å². The summed E-state index contributed by atoms with van der Waals surface area (Å²) in [6.45, 7) is 0.223. The molecule has 0 bridgehead atoms. The number of thioether (sulfide) groups is 1. The number of benzene rings is 1. The molecule has 0 radical (unpaired) electrons. The Morgan fingerprint density at radius 1 is 1.39 bits per heavy atom. The number of nitriles is 1. The molecule has 1 rings (SSSR count). The number of amides is 1. The topological polar surface area (TPSA) is 71.3 Å². The SMILES string of the molecule is COc1cc(SC)c(OC)cc1CNC(=O)C#N. The molecule has 1 N–H and O–H groups in total. The number of rotatable bonds is 5. The smallest absolute Gasteiger partial charge is 0.322 e. The average Bonchev–Trinajstić information content (AvgIpc) is 2.43. The molecule has 0 heterocycles. The van der Waals surface area contributed by atoms with Gasteiger partial charge in [0, 0.05) is 12.1 Å². The van der Waals surface area contributed by atoms with E-state index in [1.807, 2.05) is 12.3 Å². The Morgan fingerprint density at radius 2 is 2.06 bits per heavy atom. The Labute approximate surface area is 110 Å². The van der Waals surface area contributed by atoms with Gasteiger partial charge in [0.2, 0.25) is 0 Å². The first-order chi connectivity index (χ1) is 8.65. The summed E-state index contributed by atoms with van der Waals surface area (Å²) >= 11 is 1.54. The van der Waals surface area contributed by atoms with E-state index in [1.54, 1.807) is 32.0 Å². The van der Waals surface area contributed by atoms with Crippen molar-refractivity contribution in [3.8, 4) is 17.6 Å². The van der Waals surface area contributed by atoms with Crippen LogP contribution >= 0.6 is 11.8 Å². The number of carbonyl (C=O) groups is 1. The van der Waals surface area contributed by atoms with E-state index in [9.17, 15) is 4.79 Å². The van der Waals surface area contributed by atoms with Crippen molar-refractivity contribution in [3.05, 3.63) is 17.7 Å². The zero-order valence-electron chi connectivity index (χ0n) is 10.4. The maximum absolute atomic E-state index is 10.9. The highest BCUT2D eigenvalue weighted by Gasteiger charge is 2.11. The lowest BCUT2D eigenvalue weighted by Gasteiger charge is -2.13. The molecule has 0 saturated carbocycles. The van der Waals surface area contributed by atoms with Crippen LogP contribution in [0.5, 0.6) is 11.5 Å². The lowest BCUT2D eigenvalue weighted by atomic mass is 10.2. The first-order valence-electron chi connectivity index (χ1n) is 5.13. The molecule has 0 saturated heterocycles. The molecule has 96 valence electrons. The van der Waals surface area contributed by atoms with Crippen LogP contribution in [0.1, 0.15) is 5.56 Å². The molecule has 0 fully saturated rings. The standard InChI is InChI=1S/C12H14N2O3S/c1-16-9-5-11(18-3)10(17-2)4-8(9)7-14-12(15)6-13/h4-5H,7H2,1-3H3,(H,14,15). The predicted octanol–water partition coefficient (Wildman–Crippen LogP) is 1.57. The number of hydrogen-bond acceptors (Lipinski definition) is 5. The third-order valence-electron chi connectivity index (χ3n) is 2.33. The molecule has 18 heavy (non-hydrogen) atoms. The van der Waals surface area contributed by atoms with Gasteiger partial charge in [-0.2, -0.15) is 5.26 Å². The second-order valence-electron chi connectivity index (χ2n) is 3.31. The van der Waals surface area contributed by atoms with Crippen molar-refractivity contribution < 1.29 is 14.3 Å². The van der Waals surface area contributed by atoms with Gasteiger partial charge >= 0.3 is 5.91 Å². The van der Waals surface area contributed by atoms with Crippen LogP contribution < -0.4 is 14.8 Å². The van der Waals surface area contributed by atoms with E-state index < -0.39 is 5.91 Å². The van der Waals surface area contributed by atoms with Gasteiger partial charge in [-0.05, 0) is 18.4 Å². The highest BCUT2D eigenvalue weighted by molar-refractivity contribution is 7.98. The maximum Gasteiger partial charge on any atom is 0.322 e. The van der Waals surface area contributed by atoms with Gasteiger partial charge in [0.05, 0.1) is 19.1 Å². The molecule has 5 nitrogen and oxygen atoms in total. The number of carbonyl (C=O) groups excluding carboxylic acids is 1. The minimum absolute atomic E-state index is 0.223. The first-order valence-corrected chi connectivity index (χ1v) is 6.35. The van der Waals surface area contributed by atoms with Crippen molar-refractivity contribution in [2.75, 3.05) is 20.5 Å². The number of nitrogens with one attached hydrogen (secondary N) is 1. The summed E-state index contributed by atoms with van der Waals surface area (Å²) in [5, 5.41) is 10.9. The lowest BCUT2D eigenvalue weighted by molar-refractivity contribution is -0.116. The average molecular weight is 266 g/mol. The van der Waals surface area contributed by atoms with Gasteiger partial charge < -0.3 is 14.8 Å². The summed E-state index contributed by atoms with van der Waals surface area (Å²) in [5.41, 5.74) is 0.760. The Hall–Kier alpha value is -1.87. The van der Waals surface area contributed by atoms with Gasteiger partial charge in [-0.25, -0.2) is 0 Å². The fourth-order valence-corrected chi connectivity index (χ4v) is 2.01. The third kappa shape index (κ3) is 3.31. The summed E-state index contributed by atoms with van der Waals surface area (Å²) in [6, 6.07) is 5.14. The Kier molecular flexibility index (Phi) is 5.33. The molecule has 0 atom stereocenters. The van der Waals surface area contributed by atoms with Gasteiger partial charge in [-0.1, -0.05) is 0 Å². The summed E-state index contributed by atoms with van der Waals surface area (Å²) in [7, 11) is 3.14. The molecule has 6 heteroatoms. The van der Waals surface area contributed by atoms with Crippen LogP contribution in [-0.2, 0) is 11.3 Å². The highest BCUT2D eigenvalue weighted by Crippen LogP contribution is 2.34. The molecular formula is C12H14N2O3S. The molecule has 0 aliphatic rings. The van der Waals surface area contributed by atoms with Gasteiger partial charge in [0.1, 0.15) is 11.5 Å². The minimum atomic E-state index is -0.676. The molecule has 1 aromatic carbocycles. The molecule has 1 amide bonds. The zero-order chi connectivity index (χ0) is 13.5. The van der Waals surface area contributed by atoms with Crippen molar-refractivity contribution in [1.82, 2.24) is 5.32 Å².